The molecule has 0 aliphatic carbocycles. The Bertz CT molecular complexity index is 343. The predicted molar refractivity (Wildman–Crippen MR) is 62.7 cm³/mol. The summed E-state index contributed by atoms with van der Waals surface area (Å²) in [5, 5.41) is 4.07. The highest BCUT2D eigenvalue weighted by Gasteiger charge is 2.26. The molecule has 76 valence electrons. The van der Waals surface area contributed by atoms with Crippen molar-refractivity contribution in [2.45, 2.75) is 12.0 Å². The van der Waals surface area contributed by atoms with Gasteiger partial charge in [-0.3, -0.25) is 0 Å². The largest absolute Gasteiger partial charge is 0.326 e. The van der Waals surface area contributed by atoms with Crippen LogP contribution in [0.15, 0.2) is 22.7 Å². The highest BCUT2D eigenvalue weighted by molar-refractivity contribution is 9.10. The molecule has 3 N–H and O–H groups in total. The van der Waals surface area contributed by atoms with E-state index in [9.17, 15) is 0 Å². The summed E-state index contributed by atoms with van der Waals surface area (Å²) in [5.74, 6) is 0.333. The van der Waals surface area contributed by atoms with Gasteiger partial charge in [0.1, 0.15) is 0 Å². The number of hydrogen-bond donors (Lipinski definition) is 2. The van der Waals surface area contributed by atoms with Crippen molar-refractivity contribution in [1.82, 2.24) is 5.32 Å². The van der Waals surface area contributed by atoms with E-state index in [1.54, 1.807) is 0 Å². The lowest BCUT2D eigenvalue weighted by atomic mass is 9.95. The summed E-state index contributed by atoms with van der Waals surface area (Å²) >= 11 is 9.58. The van der Waals surface area contributed by atoms with Crippen LogP contribution < -0.4 is 11.1 Å². The van der Waals surface area contributed by atoms with Gasteiger partial charge in [0.15, 0.2) is 0 Å². The molecule has 1 fully saturated rings. The Morgan fingerprint density at radius 1 is 1.43 bits per heavy atom. The number of nitrogens with one attached hydrogen (secondary N) is 1. The Balaban J connectivity index is 2.34. The highest BCUT2D eigenvalue weighted by Crippen LogP contribution is 2.30. The summed E-state index contributed by atoms with van der Waals surface area (Å²) in [6, 6.07) is 6.08. The molecule has 1 aliphatic rings. The second-order valence-electron chi connectivity index (χ2n) is 3.59. The first-order chi connectivity index (χ1) is 6.68. The normalized spacial score (nSPS) is 26.8. The van der Waals surface area contributed by atoms with Crippen molar-refractivity contribution in [1.29, 1.82) is 0 Å². The second-order valence-corrected chi connectivity index (χ2v) is 4.92. The number of hydrogen-bond acceptors (Lipinski definition) is 2. The van der Waals surface area contributed by atoms with E-state index < -0.39 is 0 Å². The molecule has 1 heterocycles. The summed E-state index contributed by atoms with van der Waals surface area (Å²) < 4.78 is 1.05. The Kier molecular flexibility index (Phi) is 3.12. The molecule has 0 bridgehead atoms. The van der Waals surface area contributed by atoms with Gasteiger partial charge in [-0.05, 0) is 23.8 Å². The maximum Gasteiger partial charge on any atom is 0.0442 e. The van der Waals surface area contributed by atoms with Crippen molar-refractivity contribution in [3.63, 3.8) is 0 Å². The minimum Gasteiger partial charge on any atom is -0.326 e. The van der Waals surface area contributed by atoms with Crippen molar-refractivity contribution in [3.05, 3.63) is 33.3 Å². The fraction of sp³-hybridized carbons (Fsp3) is 0.400. The summed E-state index contributed by atoms with van der Waals surface area (Å²) in [6.07, 6.45) is 0. The number of benzene rings is 1. The molecule has 0 radical (unpaired) electrons. The molecule has 2 atom stereocenters. The van der Waals surface area contributed by atoms with Crippen molar-refractivity contribution in [2.75, 3.05) is 13.1 Å². The molecule has 2 unspecified atom stereocenters. The van der Waals surface area contributed by atoms with Gasteiger partial charge in [-0.15, -0.1) is 0 Å². The lowest BCUT2D eigenvalue weighted by molar-refractivity contribution is 0.653. The van der Waals surface area contributed by atoms with Gasteiger partial charge in [0.05, 0.1) is 0 Å². The minimum atomic E-state index is 0.168. The fourth-order valence-electron chi connectivity index (χ4n) is 1.84. The van der Waals surface area contributed by atoms with Crippen LogP contribution in [0.3, 0.4) is 0 Å². The number of nitrogens with two attached hydrogens (primary N) is 1. The molecular formula is C10H12BrClN2. The van der Waals surface area contributed by atoms with E-state index in [1.807, 2.05) is 12.1 Å². The van der Waals surface area contributed by atoms with Crippen LogP contribution in [0.25, 0.3) is 0 Å². The van der Waals surface area contributed by atoms with Gasteiger partial charge in [-0.2, -0.15) is 0 Å². The molecule has 0 saturated carbocycles. The van der Waals surface area contributed by atoms with Crippen molar-refractivity contribution >= 4 is 27.5 Å². The van der Waals surface area contributed by atoms with Gasteiger partial charge in [0.2, 0.25) is 0 Å². The lowest BCUT2D eigenvalue weighted by Gasteiger charge is -2.16. The number of rotatable bonds is 1. The first-order valence-electron chi connectivity index (χ1n) is 4.59. The molecule has 0 aromatic heterocycles. The van der Waals surface area contributed by atoms with Gasteiger partial charge < -0.3 is 11.1 Å². The molecule has 2 nitrogen and oxygen atoms in total. The highest BCUT2D eigenvalue weighted by atomic mass is 79.9. The molecule has 14 heavy (non-hydrogen) atoms. The number of halogens is 2. The minimum absolute atomic E-state index is 0.168. The van der Waals surface area contributed by atoms with Crippen LogP contribution in [-0.2, 0) is 0 Å². The van der Waals surface area contributed by atoms with Crippen molar-refractivity contribution in [3.8, 4) is 0 Å². The SMILES string of the molecule is NC1CNCC1c1cc(Br)ccc1Cl. The third-order valence-electron chi connectivity index (χ3n) is 2.62. The van der Waals surface area contributed by atoms with E-state index in [0.29, 0.717) is 5.92 Å². The van der Waals surface area contributed by atoms with E-state index in [1.165, 1.54) is 0 Å². The zero-order valence-corrected chi connectivity index (χ0v) is 9.98. The Labute approximate surface area is 96.9 Å². The van der Waals surface area contributed by atoms with Crippen molar-refractivity contribution < 1.29 is 0 Å². The second kappa shape index (κ2) is 4.19. The maximum atomic E-state index is 6.14. The molecule has 1 aromatic rings. The average Bonchev–Trinajstić information content (AvgIpc) is 2.56. The van der Waals surface area contributed by atoms with Gasteiger partial charge in [0.25, 0.3) is 0 Å². The molecule has 1 aliphatic heterocycles. The molecule has 4 heteroatoms. The van der Waals surface area contributed by atoms with E-state index in [0.717, 1.165) is 28.1 Å². The summed E-state index contributed by atoms with van der Waals surface area (Å²) in [6.45, 7) is 1.78. The van der Waals surface area contributed by atoms with Gasteiger partial charge in [0, 0.05) is 34.5 Å². The molecular weight excluding hydrogens is 263 g/mol. The van der Waals surface area contributed by atoms with E-state index in [4.69, 9.17) is 17.3 Å². The van der Waals surface area contributed by atoms with Gasteiger partial charge in [-0.25, -0.2) is 0 Å². The molecule has 2 rings (SSSR count). The molecule has 1 aromatic carbocycles. The zero-order valence-electron chi connectivity index (χ0n) is 7.63. The summed E-state index contributed by atoms with van der Waals surface area (Å²) in [7, 11) is 0. The van der Waals surface area contributed by atoms with Gasteiger partial charge >= 0.3 is 0 Å². The third-order valence-corrected chi connectivity index (χ3v) is 3.46. The molecule has 1 saturated heterocycles. The van der Waals surface area contributed by atoms with Crippen LogP contribution in [0.5, 0.6) is 0 Å². The van der Waals surface area contributed by atoms with E-state index in [2.05, 4.69) is 27.3 Å². The summed E-state index contributed by atoms with van der Waals surface area (Å²) in [5.41, 5.74) is 7.13. The monoisotopic (exact) mass is 274 g/mol. The van der Waals surface area contributed by atoms with E-state index in [-0.39, 0.29) is 6.04 Å². The predicted octanol–water partition coefficient (Wildman–Crippen LogP) is 2.12. The quantitative estimate of drug-likeness (QED) is 0.824. The molecule has 0 spiro atoms. The van der Waals surface area contributed by atoms with Crippen LogP contribution in [0.4, 0.5) is 0 Å². The average molecular weight is 276 g/mol. The molecule has 0 amide bonds. The standard InChI is InChI=1S/C10H12BrClN2/c11-6-1-2-9(12)7(3-6)8-4-14-5-10(8)13/h1-3,8,10,14H,4-5,13H2. The zero-order chi connectivity index (χ0) is 10.1. The van der Waals surface area contributed by atoms with E-state index >= 15 is 0 Å². The Morgan fingerprint density at radius 2 is 2.21 bits per heavy atom. The van der Waals surface area contributed by atoms with Crippen LogP contribution in [0.2, 0.25) is 5.02 Å². The third kappa shape index (κ3) is 1.96. The fourth-order valence-corrected chi connectivity index (χ4v) is 2.47. The Hall–Kier alpha value is -0.0900. The summed E-state index contributed by atoms with van der Waals surface area (Å²) in [4.78, 5) is 0. The first-order valence-corrected chi connectivity index (χ1v) is 5.77. The van der Waals surface area contributed by atoms with Crippen LogP contribution >= 0.6 is 27.5 Å². The topological polar surface area (TPSA) is 38.0 Å². The maximum absolute atomic E-state index is 6.14. The van der Waals surface area contributed by atoms with Crippen LogP contribution in [0.1, 0.15) is 11.5 Å². The smallest absolute Gasteiger partial charge is 0.0442 e. The van der Waals surface area contributed by atoms with Gasteiger partial charge in [-0.1, -0.05) is 27.5 Å². The Morgan fingerprint density at radius 3 is 2.86 bits per heavy atom. The first kappa shape index (κ1) is 10.4. The van der Waals surface area contributed by atoms with Crippen LogP contribution in [-0.4, -0.2) is 19.1 Å². The van der Waals surface area contributed by atoms with Crippen LogP contribution in [0, 0.1) is 0 Å². The lowest BCUT2D eigenvalue weighted by Crippen LogP contribution is -2.27. The van der Waals surface area contributed by atoms with Crippen molar-refractivity contribution in [2.24, 2.45) is 5.73 Å².